The highest BCUT2D eigenvalue weighted by atomic mass is 31.2. The van der Waals surface area contributed by atoms with E-state index in [2.05, 4.69) is 0 Å². The van der Waals surface area contributed by atoms with Crippen molar-refractivity contribution in [1.29, 1.82) is 0 Å². The predicted octanol–water partition coefficient (Wildman–Crippen LogP) is 4.29. The highest BCUT2D eigenvalue weighted by Gasteiger charge is 2.30. The maximum atomic E-state index is 12.4. The number of ether oxygens (including phenoxy) is 4. The summed E-state index contributed by atoms with van der Waals surface area (Å²) >= 11 is 0. The molecule has 0 aliphatic carbocycles. The zero-order chi connectivity index (χ0) is 36.4. The minimum atomic E-state index is -4.87. The van der Waals surface area contributed by atoms with E-state index in [0.717, 1.165) is 25.7 Å². The molecule has 5 atom stereocenters. The maximum absolute atomic E-state index is 12.4. The van der Waals surface area contributed by atoms with Crippen LogP contribution in [0.3, 0.4) is 0 Å². The van der Waals surface area contributed by atoms with Gasteiger partial charge in [-0.25, -0.2) is 9.13 Å². The zero-order valence-electron chi connectivity index (χ0n) is 28.4. The van der Waals surface area contributed by atoms with E-state index in [1.54, 1.807) is 6.92 Å². The summed E-state index contributed by atoms with van der Waals surface area (Å²) in [5.74, 6) is -2.34. The van der Waals surface area contributed by atoms with Crippen molar-refractivity contribution >= 4 is 39.5 Å². The van der Waals surface area contributed by atoms with Gasteiger partial charge in [-0.05, 0) is 25.7 Å². The van der Waals surface area contributed by atoms with Crippen LogP contribution in [0.4, 0.5) is 0 Å². The molecule has 0 fully saturated rings. The number of phosphoric ester groups is 2. The number of unbranched alkanes of at least 4 members (excludes halogenated alkanes) is 4. The SMILES string of the molecule is CCCCCC(=O)O[C@H](COC(=O)CCCC)COP(=O)(O)OC[C@H](O)COP(=O)(O)OC[C@@H](COC(=O)CCCC)OC(=O)CCC. The van der Waals surface area contributed by atoms with Crippen LogP contribution in [-0.2, 0) is 65.4 Å². The van der Waals surface area contributed by atoms with Crippen LogP contribution in [0.15, 0.2) is 0 Å². The average Bonchev–Trinajstić information content (AvgIpc) is 3.03. The van der Waals surface area contributed by atoms with Gasteiger partial charge in [-0.2, -0.15) is 0 Å². The zero-order valence-corrected chi connectivity index (χ0v) is 30.2. The molecule has 0 amide bonds. The summed E-state index contributed by atoms with van der Waals surface area (Å²) in [5, 5.41) is 10.1. The molecule has 0 aromatic rings. The minimum Gasteiger partial charge on any atom is -0.462 e. The molecule has 3 N–H and O–H groups in total. The average molecular weight is 737 g/mol. The number of rotatable bonds is 30. The Morgan fingerprint density at radius 1 is 0.500 bits per heavy atom. The summed E-state index contributed by atoms with van der Waals surface area (Å²) < 4.78 is 64.3. The van der Waals surface area contributed by atoms with Gasteiger partial charge in [0.1, 0.15) is 19.3 Å². The lowest BCUT2D eigenvalue weighted by molar-refractivity contribution is -0.161. The first kappa shape index (κ1) is 46.1. The van der Waals surface area contributed by atoms with E-state index < -0.39 is 97.5 Å². The fourth-order valence-corrected chi connectivity index (χ4v) is 5.02. The van der Waals surface area contributed by atoms with Crippen LogP contribution in [0, 0.1) is 0 Å². The van der Waals surface area contributed by atoms with Gasteiger partial charge in [0.2, 0.25) is 0 Å². The van der Waals surface area contributed by atoms with Crippen molar-refractivity contribution in [2.45, 2.75) is 123 Å². The molecule has 0 radical (unpaired) electrons. The Morgan fingerprint density at radius 2 is 0.875 bits per heavy atom. The lowest BCUT2D eigenvalue weighted by Crippen LogP contribution is -2.30. The molecular weight excluding hydrogens is 682 g/mol. The van der Waals surface area contributed by atoms with E-state index in [1.165, 1.54) is 0 Å². The van der Waals surface area contributed by atoms with Crippen molar-refractivity contribution in [3.05, 3.63) is 0 Å². The monoisotopic (exact) mass is 736 g/mol. The quantitative estimate of drug-likeness (QED) is 0.0403. The Labute approximate surface area is 282 Å². The molecule has 0 saturated carbocycles. The Morgan fingerprint density at radius 3 is 1.27 bits per heavy atom. The molecule has 0 aliphatic heterocycles. The lowest BCUT2D eigenvalue weighted by Gasteiger charge is -2.21. The number of aliphatic hydroxyl groups is 1. The molecule has 0 aromatic heterocycles. The fraction of sp³-hybridized carbons (Fsp3) is 0.862. The van der Waals surface area contributed by atoms with Crippen LogP contribution < -0.4 is 0 Å². The summed E-state index contributed by atoms with van der Waals surface area (Å²) in [6.07, 6.45) is 1.65. The Hall–Kier alpha value is -1.94. The standard InChI is InChI=1S/C29H54O17P2/c1-5-9-12-16-29(34)46-25(20-40-27(32)15-11-7-3)22-44-48(37,38)42-18-23(30)17-41-47(35,36)43-21-24(45-28(33)13-8-4)19-39-26(31)14-10-6-2/h23-25,30H,5-22H2,1-4H3,(H,35,36)(H,37,38)/t23-,24-,25-/m1/s1. The fourth-order valence-electron chi connectivity index (χ4n) is 3.44. The van der Waals surface area contributed by atoms with E-state index in [9.17, 15) is 43.2 Å². The third kappa shape index (κ3) is 26.0. The highest BCUT2D eigenvalue weighted by molar-refractivity contribution is 7.47. The number of hydrogen-bond donors (Lipinski definition) is 3. The smallest absolute Gasteiger partial charge is 0.462 e. The third-order valence-electron chi connectivity index (χ3n) is 6.07. The largest absolute Gasteiger partial charge is 0.472 e. The molecular formula is C29H54O17P2. The Kier molecular flexibility index (Phi) is 25.8. The summed E-state index contributed by atoms with van der Waals surface area (Å²) in [6, 6.07) is 0. The van der Waals surface area contributed by atoms with Crippen LogP contribution in [0.2, 0.25) is 0 Å². The number of esters is 4. The first-order chi connectivity index (χ1) is 22.7. The maximum Gasteiger partial charge on any atom is 0.472 e. The molecule has 0 saturated heterocycles. The van der Waals surface area contributed by atoms with Gasteiger partial charge < -0.3 is 33.8 Å². The highest BCUT2D eigenvalue weighted by Crippen LogP contribution is 2.45. The van der Waals surface area contributed by atoms with Gasteiger partial charge in [-0.3, -0.25) is 37.3 Å². The van der Waals surface area contributed by atoms with Gasteiger partial charge in [0.05, 0.1) is 26.4 Å². The summed E-state index contributed by atoms with van der Waals surface area (Å²) in [4.78, 5) is 67.8. The minimum absolute atomic E-state index is 0.0511. The van der Waals surface area contributed by atoms with Crippen LogP contribution in [-0.4, -0.2) is 96.7 Å². The molecule has 19 heteroatoms. The van der Waals surface area contributed by atoms with E-state index in [1.807, 2.05) is 20.8 Å². The normalized spacial score (nSPS) is 15.7. The molecule has 48 heavy (non-hydrogen) atoms. The topological polar surface area (TPSA) is 237 Å². The molecule has 2 unspecified atom stereocenters. The molecule has 0 bridgehead atoms. The molecule has 0 spiro atoms. The van der Waals surface area contributed by atoms with E-state index >= 15 is 0 Å². The van der Waals surface area contributed by atoms with Crippen molar-refractivity contribution in [3.8, 4) is 0 Å². The van der Waals surface area contributed by atoms with Crippen LogP contribution in [0.25, 0.3) is 0 Å². The molecule has 17 nitrogen and oxygen atoms in total. The van der Waals surface area contributed by atoms with E-state index in [4.69, 9.17) is 37.0 Å². The number of carbonyl (C=O) groups is 4. The van der Waals surface area contributed by atoms with E-state index in [0.29, 0.717) is 25.7 Å². The summed E-state index contributed by atoms with van der Waals surface area (Å²) in [6.45, 7) is 3.46. The predicted molar refractivity (Wildman–Crippen MR) is 169 cm³/mol. The van der Waals surface area contributed by atoms with Crippen molar-refractivity contribution in [2.24, 2.45) is 0 Å². The van der Waals surface area contributed by atoms with Crippen LogP contribution in [0.5, 0.6) is 0 Å². The van der Waals surface area contributed by atoms with Gasteiger partial charge in [0.15, 0.2) is 12.2 Å². The summed E-state index contributed by atoms with van der Waals surface area (Å²) in [5.41, 5.74) is 0. The van der Waals surface area contributed by atoms with Crippen molar-refractivity contribution in [3.63, 3.8) is 0 Å². The first-order valence-electron chi connectivity index (χ1n) is 16.3. The lowest BCUT2D eigenvalue weighted by atomic mass is 10.2. The number of phosphoric acid groups is 2. The van der Waals surface area contributed by atoms with Crippen molar-refractivity contribution in [1.82, 2.24) is 0 Å². The van der Waals surface area contributed by atoms with Crippen molar-refractivity contribution < 1.29 is 80.2 Å². The van der Waals surface area contributed by atoms with Gasteiger partial charge in [-0.15, -0.1) is 0 Å². The molecule has 0 heterocycles. The van der Waals surface area contributed by atoms with Crippen molar-refractivity contribution in [2.75, 3.05) is 39.6 Å². The van der Waals surface area contributed by atoms with Gasteiger partial charge >= 0.3 is 39.5 Å². The number of aliphatic hydroxyl groups excluding tert-OH is 1. The number of hydrogen-bond acceptors (Lipinski definition) is 15. The van der Waals surface area contributed by atoms with Gasteiger partial charge in [0.25, 0.3) is 0 Å². The van der Waals surface area contributed by atoms with Crippen LogP contribution >= 0.6 is 15.6 Å². The van der Waals surface area contributed by atoms with Gasteiger partial charge in [-0.1, -0.05) is 53.4 Å². The van der Waals surface area contributed by atoms with E-state index in [-0.39, 0.29) is 25.7 Å². The third-order valence-corrected chi connectivity index (χ3v) is 7.97. The number of carbonyl (C=O) groups excluding carboxylic acids is 4. The summed E-state index contributed by atoms with van der Waals surface area (Å²) in [7, 11) is -9.73. The second-order valence-electron chi connectivity index (χ2n) is 10.8. The van der Waals surface area contributed by atoms with Gasteiger partial charge in [0, 0.05) is 25.7 Å². The molecule has 0 aliphatic rings. The molecule has 282 valence electrons. The first-order valence-corrected chi connectivity index (χ1v) is 19.3. The Bertz CT molecular complexity index is 1020. The second kappa shape index (κ2) is 26.9. The Balaban J connectivity index is 4.92. The molecule has 0 rings (SSSR count). The molecule has 0 aromatic carbocycles. The second-order valence-corrected chi connectivity index (χ2v) is 13.7. The van der Waals surface area contributed by atoms with Crippen LogP contribution in [0.1, 0.15) is 105 Å².